The maximum Gasteiger partial charge on any atom is 0.257 e. The number of hydrogen-bond donors (Lipinski definition) is 1. The van der Waals surface area contributed by atoms with Gasteiger partial charge >= 0.3 is 0 Å². The number of nitrogens with zero attached hydrogens (tertiary/aromatic N) is 4. The SMILES string of the molecule is Cn1cc(C(=O)NCc2ccc(Cl)cc2)c(=O)c2nc(CN3CCOCC3)ncc21. The monoisotopic (exact) mass is 427 g/mol. The maximum atomic E-state index is 13.0. The van der Waals surface area contributed by atoms with Crippen LogP contribution in [0.5, 0.6) is 0 Å². The van der Waals surface area contributed by atoms with Crippen LogP contribution in [0.25, 0.3) is 11.0 Å². The molecule has 1 saturated heterocycles. The molecule has 4 rings (SSSR count). The number of carbonyl (C=O) groups excluding carboxylic acids is 1. The van der Waals surface area contributed by atoms with E-state index in [9.17, 15) is 9.59 Å². The summed E-state index contributed by atoms with van der Waals surface area (Å²) in [5.74, 6) is 0.112. The van der Waals surface area contributed by atoms with Crippen LogP contribution in [0.15, 0.2) is 41.5 Å². The molecule has 1 aromatic carbocycles. The average molecular weight is 428 g/mol. The highest BCUT2D eigenvalue weighted by atomic mass is 35.5. The van der Waals surface area contributed by atoms with Gasteiger partial charge in [0.1, 0.15) is 16.9 Å². The summed E-state index contributed by atoms with van der Waals surface area (Å²) in [6.45, 7) is 3.78. The molecule has 2 aromatic heterocycles. The molecule has 3 aromatic rings. The number of halogens is 1. The number of hydrogen-bond acceptors (Lipinski definition) is 6. The van der Waals surface area contributed by atoms with Crippen LogP contribution in [0.4, 0.5) is 0 Å². The first kappa shape index (κ1) is 20.5. The van der Waals surface area contributed by atoms with Gasteiger partial charge in [0, 0.05) is 37.9 Å². The van der Waals surface area contributed by atoms with Crippen molar-refractivity contribution in [1.29, 1.82) is 0 Å². The Labute approximate surface area is 178 Å². The lowest BCUT2D eigenvalue weighted by molar-refractivity contribution is 0.0331. The molecule has 0 saturated carbocycles. The fraction of sp³-hybridized carbons (Fsp3) is 0.333. The first-order valence-electron chi connectivity index (χ1n) is 9.69. The summed E-state index contributed by atoms with van der Waals surface area (Å²) >= 11 is 5.89. The van der Waals surface area contributed by atoms with Crippen molar-refractivity contribution in [2.45, 2.75) is 13.1 Å². The summed E-state index contributed by atoms with van der Waals surface area (Å²) in [4.78, 5) is 36.7. The van der Waals surface area contributed by atoms with Crippen molar-refractivity contribution in [3.8, 4) is 0 Å². The van der Waals surface area contributed by atoms with Crippen molar-refractivity contribution in [1.82, 2.24) is 24.8 Å². The van der Waals surface area contributed by atoms with Crippen LogP contribution in [0, 0.1) is 0 Å². The molecular weight excluding hydrogens is 406 g/mol. The summed E-state index contributed by atoms with van der Waals surface area (Å²) < 4.78 is 7.06. The van der Waals surface area contributed by atoms with Crippen molar-refractivity contribution >= 4 is 28.5 Å². The quantitative estimate of drug-likeness (QED) is 0.667. The van der Waals surface area contributed by atoms with Crippen molar-refractivity contribution < 1.29 is 9.53 Å². The van der Waals surface area contributed by atoms with Gasteiger partial charge in [-0.25, -0.2) is 9.97 Å². The molecule has 3 heterocycles. The Morgan fingerprint density at radius 1 is 1.23 bits per heavy atom. The molecule has 0 radical (unpaired) electrons. The molecule has 0 spiro atoms. The van der Waals surface area contributed by atoms with E-state index in [1.165, 1.54) is 6.20 Å². The van der Waals surface area contributed by atoms with Crippen LogP contribution in [0.2, 0.25) is 5.02 Å². The molecule has 1 N–H and O–H groups in total. The number of ether oxygens (including phenoxy) is 1. The van der Waals surface area contributed by atoms with Crippen molar-refractivity contribution in [2.24, 2.45) is 7.05 Å². The Morgan fingerprint density at radius 3 is 2.70 bits per heavy atom. The molecule has 0 aliphatic carbocycles. The number of rotatable bonds is 5. The molecular formula is C21H22ClN5O3. The van der Waals surface area contributed by atoms with Gasteiger partial charge < -0.3 is 14.6 Å². The van der Waals surface area contributed by atoms with E-state index in [1.54, 1.807) is 29.9 Å². The standard InChI is InChI=1S/C21H22ClN5O3/c1-26-12-16(21(29)24-10-14-2-4-15(22)5-3-14)20(28)19-17(26)11-23-18(25-19)13-27-6-8-30-9-7-27/h2-5,11-12H,6-10,13H2,1H3,(H,24,29). The number of benzene rings is 1. The Bertz CT molecular complexity index is 1120. The average Bonchev–Trinajstić information content (AvgIpc) is 2.76. The van der Waals surface area contributed by atoms with Crippen molar-refractivity contribution in [3.63, 3.8) is 0 Å². The van der Waals surface area contributed by atoms with Gasteiger partial charge in [0.2, 0.25) is 5.43 Å². The molecule has 1 aliphatic rings. The highest BCUT2D eigenvalue weighted by Gasteiger charge is 2.18. The van der Waals surface area contributed by atoms with Crippen LogP contribution in [0.1, 0.15) is 21.7 Å². The number of nitrogens with one attached hydrogen (secondary N) is 1. The van der Waals surface area contributed by atoms with E-state index in [1.807, 2.05) is 12.1 Å². The highest BCUT2D eigenvalue weighted by Crippen LogP contribution is 2.11. The lowest BCUT2D eigenvalue weighted by Gasteiger charge is -2.25. The number of carbonyl (C=O) groups is 1. The second-order valence-corrected chi connectivity index (χ2v) is 7.64. The van der Waals surface area contributed by atoms with Gasteiger partial charge in [-0.05, 0) is 17.7 Å². The summed E-state index contributed by atoms with van der Waals surface area (Å²) in [6.07, 6.45) is 3.15. The summed E-state index contributed by atoms with van der Waals surface area (Å²) in [6, 6.07) is 7.16. The first-order valence-corrected chi connectivity index (χ1v) is 10.1. The third-order valence-electron chi connectivity index (χ3n) is 5.06. The van der Waals surface area contributed by atoms with Crippen LogP contribution in [-0.4, -0.2) is 51.6 Å². The fourth-order valence-electron chi connectivity index (χ4n) is 3.36. The zero-order valence-corrected chi connectivity index (χ0v) is 17.4. The molecule has 1 aliphatic heterocycles. The summed E-state index contributed by atoms with van der Waals surface area (Å²) in [5.41, 5.74) is 1.37. The predicted octanol–water partition coefficient (Wildman–Crippen LogP) is 1.74. The Morgan fingerprint density at radius 2 is 1.97 bits per heavy atom. The smallest absolute Gasteiger partial charge is 0.257 e. The van der Waals surface area contributed by atoms with Crippen LogP contribution >= 0.6 is 11.6 Å². The minimum atomic E-state index is -0.444. The lowest BCUT2D eigenvalue weighted by Crippen LogP contribution is -2.36. The minimum absolute atomic E-state index is 0.0509. The Kier molecular flexibility index (Phi) is 6.08. The molecule has 0 bridgehead atoms. The van der Waals surface area contributed by atoms with Gasteiger partial charge in [0.25, 0.3) is 5.91 Å². The fourth-order valence-corrected chi connectivity index (χ4v) is 3.49. The molecule has 30 heavy (non-hydrogen) atoms. The molecule has 9 heteroatoms. The van der Waals surface area contributed by atoms with Crippen LogP contribution in [-0.2, 0) is 24.9 Å². The second kappa shape index (κ2) is 8.91. The normalized spacial score (nSPS) is 14.7. The highest BCUT2D eigenvalue weighted by molar-refractivity contribution is 6.30. The van der Waals surface area contributed by atoms with E-state index < -0.39 is 11.3 Å². The van der Waals surface area contributed by atoms with Gasteiger partial charge in [-0.15, -0.1) is 0 Å². The lowest BCUT2D eigenvalue weighted by atomic mass is 10.2. The van der Waals surface area contributed by atoms with Crippen LogP contribution in [0.3, 0.4) is 0 Å². The van der Waals surface area contributed by atoms with Gasteiger partial charge in [0.15, 0.2) is 0 Å². The Balaban J connectivity index is 1.58. The third-order valence-corrected chi connectivity index (χ3v) is 5.31. The maximum absolute atomic E-state index is 13.0. The Hall–Kier alpha value is -2.81. The van der Waals surface area contributed by atoms with E-state index in [0.717, 1.165) is 18.7 Å². The van der Waals surface area contributed by atoms with Gasteiger partial charge in [-0.3, -0.25) is 14.5 Å². The third kappa shape index (κ3) is 4.51. The van der Waals surface area contributed by atoms with E-state index in [-0.39, 0.29) is 11.1 Å². The molecule has 8 nitrogen and oxygen atoms in total. The van der Waals surface area contributed by atoms with Crippen molar-refractivity contribution in [3.05, 3.63) is 68.9 Å². The number of pyridine rings is 1. The number of amides is 1. The largest absolute Gasteiger partial charge is 0.379 e. The molecule has 0 unspecified atom stereocenters. The molecule has 1 amide bonds. The van der Waals surface area contributed by atoms with E-state index >= 15 is 0 Å². The summed E-state index contributed by atoms with van der Waals surface area (Å²) in [7, 11) is 1.77. The van der Waals surface area contributed by atoms with Gasteiger partial charge in [-0.2, -0.15) is 0 Å². The van der Waals surface area contributed by atoms with Gasteiger partial charge in [-0.1, -0.05) is 23.7 Å². The van der Waals surface area contributed by atoms with E-state index in [4.69, 9.17) is 16.3 Å². The molecule has 0 atom stereocenters. The second-order valence-electron chi connectivity index (χ2n) is 7.20. The number of aryl methyl sites for hydroxylation is 1. The number of aromatic nitrogens is 3. The topological polar surface area (TPSA) is 89.4 Å². The number of fused-ring (bicyclic) bond motifs is 1. The van der Waals surface area contributed by atoms with Crippen LogP contribution < -0.4 is 10.7 Å². The predicted molar refractivity (Wildman–Crippen MR) is 113 cm³/mol. The summed E-state index contributed by atoms with van der Waals surface area (Å²) in [5, 5.41) is 3.41. The van der Waals surface area contributed by atoms with Gasteiger partial charge in [0.05, 0.1) is 31.5 Å². The minimum Gasteiger partial charge on any atom is -0.379 e. The molecule has 156 valence electrons. The van der Waals surface area contributed by atoms with E-state index in [2.05, 4.69) is 20.2 Å². The van der Waals surface area contributed by atoms with E-state index in [0.29, 0.717) is 42.7 Å². The number of morpholine rings is 1. The zero-order chi connectivity index (χ0) is 21.1. The molecule has 1 fully saturated rings. The first-order chi connectivity index (χ1) is 14.5. The zero-order valence-electron chi connectivity index (χ0n) is 16.6. The van der Waals surface area contributed by atoms with Crippen molar-refractivity contribution in [2.75, 3.05) is 26.3 Å².